The summed E-state index contributed by atoms with van der Waals surface area (Å²) in [5.41, 5.74) is 11.8. The number of benzene rings is 1. The standard InChI is InChI=1S/C14H21N/c1-9-7-11(3)13(8-10(9)2)14(15)12-5-4-6-12/h7-8,12,14H,4-6,15H2,1-3H3. The lowest BCUT2D eigenvalue weighted by molar-refractivity contribution is 0.264. The SMILES string of the molecule is Cc1cc(C)c(C(N)C2CCC2)cc1C. The van der Waals surface area contributed by atoms with Crippen molar-refractivity contribution in [3.63, 3.8) is 0 Å². The molecule has 0 aliphatic heterocycles. The summed E-state index contributed by atoms with van der Waals surface area (Å²) in [5, 5.41) is 0. The Bertz CT molecular complexity index is 364. The van der Waals surface area contributed by atoms with Gasteiger partial charge in [-0.05, 0) is 61.8 Å². The maximum atomic E-state index is 6.32. The van der Waals surface area contributed by atoms with Crippen LogP contribution in [-0.2, 0) is 0 Å². The van der Waals surface area contributed by atoms with Gasteiger partial charge in [0.2, 0.25) is 0 Å². The zero-order valence-electron chi connectivity index (χ0n) is 10.0. The molecule has 0 aromatic heterocycles. The first kappa shape index (κ1) is 10.7. The van der Waals surface area contributed by atoms with E-state index in [4.69, 9.17) is 5.73 Å². The summed E-state index contributed by atoms with van der Waals surface area (Å²) >= 11 is 0. The van der Waals surface area contributed by atoms with Crippen molar-refractivity contribution in [3.8, 4) is 0 Å². The van der Waals surface area contributed by atoms with Crippen LogP contribution in [0.15, 0.2) is 12.1 Å². The predicted molar refractivity (Wildman–Crippen MR) is 64.9 cm³/mol. The molecule has 1 aliphatic rings. The van der Waals surface area contributed by atoms with Crippen molar-refractivity contribution in [2.45, 2.75) is 46.1 Å². The van der Waals surface area contributed by atoms with Gasteiger partial charge >= 0.3 is 0 Å². The van der Waals surface area contributed by atoms with E-state index in [1.807, 2.05) is 0 Å². The van der Waals surface area contributed by atoms with Crippen molar-refractivity contribution >= 4 is 0 Å². The van der Waals surface area contributed by atoms with Gasteiger partial charge in [0.25, 0.3) is 0 Å². The molecule has 0 spiro atoms. The van der Waals surface area contributed by atoms with E-state index in [2.05, 4.69) is 32.9 Å². The highest BCUT2D eigenvalue weighted by atomic mass is 14.7. The largest absolute Gasteiger partial charge is 0.324 e. The summed E-state index contributed by atoms with van der Waals surface area (Å²) < 4.78 is 0. The monoisotopic (exact) mass is 203 g/mol. The zero-order valence-corrected chi connectivity index (χ0v) is 10.0. The third-order valence-electron chi connectivity index (χ3n) is 3.90. The quantitative estimate of drug-likeness (QED) is 0.783. The van der Waals surface area contributed by atoms with Crippen LogP contribution in [0.25, 0.3) is 0 Å². The van der Waals surface area contributed by atoms with Gasteiger partial charge in [-0.25, -0.2) is 0 Å². The van der Waals surface area contributed by atoms with Gasteiger partial charge in [-0.3, -0.25) is 0 Å². The molecule has 1 saturated carbocycles. The van der Waals surface area contributed by atoms with Crippen molar-refractivity contribution in [1.82, 2.24) is 0 Å². The minimum atomic E-state index is 0.262. The van der Waals surface area contributed by atoms with Gasteiger partial charge in [-0.2, -0.15) is 0 Å². The highest BCUT2D eigenvalue weighted by Gasteiger charge is 2.26. The molecule has 1 aromatic carbocycles. The van der Waals surface area contributed by atoms with E-state index in [1.165, 1.54) is 41.5 Å². The Balaban J connectivity index is 2.30. The fraction of sp³-hybridized carbons (Fsp3) is 0.571. The number of hydrogen-bond acceptors (Lipinski definition) is 1. The Morgan fingerprint density at radius 3 is 2.20 bits per heavy atom. The van der Waals surface area contributed by atoms with Gasteiger partial charge < -0.3 is 5.73 Å². The minimum absolute atomic E-state index is 0.262. The van der Waals surface area contributed by atoms with Gasteiger partial charge in [0.05, 0.1) is 0 Å². The molecule has 2 N–H and O–H groups in total. The van der Waals surface area contributed by atoms with Crippen molar-refractivity contribution < 1.29 is 0 Å². The number of aryl methyl sites for hydroxylation is 3. The molecule has 1 heteroatoms. The number of hydrogen-bond donors (Lipinski definition) is 1. The van der Waals surface area contributed by atoms with E-state index in [-0.39, 0.29) is 6.04 Å². The van der Waals surface area contributed by atoms with Crippen LogP contribution in [-0.4, -0.2) is 0 Å². The lowest BCUT2D eigenvalue weighted by Crippen LogP contribution is -2.27. The first-order valence-corrected chi connectivity index (χ1v) is 5.93. The average Bonchev–Trinajstić information content (AvgIpc) is 2.08. The maximum Gasteiger partial charge on any atom is 0.0326 e. The van der Waals surface area contributed by atoms with Gasteiger partial charge in [0.15, 0.2) is 0 Å². The molecule has 15 heavy (non-hydrogen) atoms. The Hall–Kier alpha value is -0.820. The molecule has 1 nitrogen and oxygen atoms in total. The first-order chi connectivity index (χ1) is 7.09. The minimum Gasteiger partial charge on any atom is -0.324 e. The van der Waals surface area contributed by atoms with E-state index < -0.39 is 0 Å². The van der Waals surface area contributed by atoms with Crippen LogP contribution in [0.2, 0.25) is 0 Å². The summed E-state index contributed by atoms with van der Waals surface area (Å²) in [5.74, 6) is 0.728. The normalized spacial score (nSPS) is 18.7. The second kappa shape index (κ2) is 3.97. The second-order valence-electron chi connectivity index (χ2n) is 5.01. The second-order valence-corrected chi connectivity index (χ2v) is 5.01. The molecule has 0 heterocycles. The molecule has 0 bridgehead atoms. The fourth-order valence-electron chi connectivity index (χ4n) is 2.39. The molecule has 1 unspecified atom stereocenters. The van der Waals surface area contributed by atoms with E-state index >= 15 is 0 Å². The van der Waals surface area contributed by atoms with E-state index in [0.29, 0.717) is 0 Å². The van der Waals surface area contributed by atoms with Gasteiger partial charge in [-0.1, -0.05) is 18.6 Å². The van der Waals surface area contributed by atoms with Gasteiger partial charge in [0.1, 0.15) is 0 Å². The molecule has 0 saturated heterocycles. The zero-order chi connectivity index (χ0) is 11.0. The summed E-state index contributed by atoms with van der Waals surface area (Å²) in [4.78, 5) is 0. The molecular formula is C14H21N. The molecule has 1 fully saturated rings. The van der Waals surface area contributed by atoms with Gasteiger partial charge in [-0.15, -0.1) is 0 Å². The predicted octanol–water partition coefficient (Wildman–Crippen LogP) is 3.41. The van der Waals surface area contributed by atoms with Crippen molar-refractivity contribution in [2.24, 2.45) is 11.7 Å². The molecule has 0 radical (unpaired) electrons. The average molecular weight is 203 g/mol. The molecule has 0 amide bonds. The summed E-state index contributed by atoms with van der Waals surface area (Å²) in [6, 6.07) is 4.81. The first-order valence-electron chi connectivity index (χ1n) is 5.93. The van der Waals surface area contributed by atoms with E-state index in [1.54, 1.807) is 0 Å². The van der Waals surface area contributed by atoms with E-state index in [9.17, 15) is 0 Å². The Morgan fingerprint density at radius 2 is 1.67 bits per heavy atom. The van der Waals surface area contributed by atoms with Crippen molar-refractivity contribution in [3.05, 3.63) is 34.4 Å². The van der Waals surface area contributed by atoms with Crippen LogP contribution in [0.1, 0.15) is 47.6 Å². The summed E-state index contributed by atoms with van der Waals surface area (Å²) in [6.45, 7) is 6.52. The molecular weight excluding hydrogens is 182 g/mol. The smallest absolute Gasteiger partial charge is 0.0326 e. The van der Waals surface area contributed by atoms with Crippen LogP contribution in [0.5, 0.6) is 0 Å². The maximum absolute atomic E-state index is 6.32. The number of rotatable bonds is 2. The van der Waals surface area contributed by atoms with Gasteiger partial charge in [0, 0.05) is 6.04 Å². The highest BCUT2D eigenvalue weighted by Crippen LogP contribution is 2.37. The lowest BCUT2D eigenvalue weighted by Gasteiger charge is -2.32. The Kier molecular flexibility index (Phi) is 2.83. The topological polar surface area (TPSA) is 26.0 Å². The van der Waals surface area contributed by atoms with Crippen LogP contribution in [0.3, 0.4) is 0 Å². The summed E-state index contributed by atoms with van der Waals surface area (Å²) in [7, 11) is 0. The number of nitrogens with two attached hydrogens (primary N) is 1. The van der Waals surface area contributed by atoms with Crippen molar-refractivity contribution in [2.75, 3.05) is 0 Å². The van der Waals surface area contributed by atoms with Crippen LogP contribution >= 0.6 is 0 Å². The summed E-state index contributed by atoms with van der Waals surface area (Å²) in [6.07, 6.45) is 3.99. The molecule has 1 atom stereocenters. The Morgan fingerprint density at radius 1 is 1.07 bits per heavy atom. The Labute approximate surface area is 92.7 Å². The third-order valence-corrected chi connectivity index (χ3v) is 3.90. The molecule has 1 aliphatic carbocycles. The van der Waals surface area contributed by atoms with E-state index in [0.717, 1.165) is 5.92 Å². The molecule has 2 rings (SSSR count). The van der Waals surface area contributed by atoms with Crippen LogP contribution in [0, 0.1) is 26.7 Å². The third kappa shape index (κ3) is 1.93. The molecule has 82 valence electrons. The fourth-order valence-corrected chi connectivity index (χ4v) is 2.39. The lowest BCUT2D eigenvalue weighted by atomic mass is 9.76. The van der Waals surface area contributed by atoms with Crippen LogP contribution in [0.4, 0.5) is 0 Å². The highest BCUT2D eigenvalue weighted by molar-refractivity contribution is 5.38. The van der Waals surface area contributed by atoms with Crippen molar-refractivity contribution in [1.29, 1.82) is 0 Å². The van der Waals surface area contributed by atoms with Crippen LogP contribution < -0.4 is 5.73 Å². The molecule has 1 aromatic rings.